The van der Waals surface area contributed by atoms with E-state index in [1.54, 1.807) is 31.4 Å². The number of anilines is 1. The average molecular weight is 444 g/mol. The molecule has 3 aromatic rings. The third kappa shape index (κ3) is 3.31. The van der Waals surface area contributed by atoms with Crippen molar-refractivity contribution < 1.29 is 24.0 Å². The van der Waals surface area contributed by atoms with Crippen molar-refractivity contribution in [1.82, 2.24) is 5.16 Å². The third-order valence-corrected chi connectivity index (χ3v) is 6.55. The minimum Gasteiger partial charge on any atom is -0.507 e. The fourth-order valence-electron chi connectivity index (χ4n) is 4.87. The molecular weight excluding hydrogens is 420 g/mol. The van der Waals surface area contributed by atoms with Crippen LogP contribution in [0.2, 0.25) is 0 Å². The van der Waals surface area contributed by atoms with Gasteiger partial charge in [0.25, 0.3) is 11.7 Å². The molecule has 1 saturated heterocycles. The minimum atomic E-state index is -0.662. The van der Waals surface area contributed by atoms with E-state index in [2.05, 4.69) is 5.16 Å². The summed E-state index contributed by atoms with van der Waals surface area (Å²) in [6.45, 7) is 3.87. The largest absolute Gasteiger partial charge is 0.507 e. The average Bonchev–Trinajstić information content (AvgIpc) is 3.37. The number of rotatable bonds is 4. The summed E-state index contributed by atoms with van der Waals surface area (Å²) < 4.78 is 10.8. The molecule has 2 bridgehead atoms. The van der Waals surface area contributed by atoms with Crippen molar-refractivity contribution in [2.75, 3.05) is 12.0 Å². The topological polar surface area (TPSA) is 92.9 Å². The van der Waals surface area contributed by atoms with Crippen molar-refractivity contribution >= 4 is 23.1 Å². The number of carbonyl (C=O) groups excluding carboxylic acids is 2. The molecule has 33 heavy (non-hydrogen) atoms. The van der Waals surface area contributed by atoms with Crippen molar-refractivity contribution in [2.24, 2.45) is 5.92 Å². The molecule has 0 radical (unpaired) electrons. The normalized spacial score (nSPS) is 20.0. The molecule has 2 aliphatic rings. The molecule has 2 heterocycles. The number of Topliss-reactive ketones (excluding diaryl/α,β-unsaturated/α-hetero) is 1. The van der Waals surface area contributed by atoms with Gasteiger partial charge in [0, 0.05) is 22.9 Å². The van der Waals surface area contributed by atoms with Crippen LogP contribution in [-0.4, -0.2) is 35.1 Å². The molecule has 1 aliphatic carbocycles. The molecule has 7 heteroatoms. The van der Waals surface area contributed by atoms with E-state index in [0.717, 1.165) is 22.6 Å². The molecule has 1 aliphatic heterocycles. The maximum atomic E-state index is 13.2. The van der Waals surface area contributed by atoms with Gasteiger partial charge >= 0.3 is 0 Å². The van der Waals surface area contributed by atoms with Crippen molar-refractivity contribution in [2.45, 2.75) is 32.7 Å². The van der Waals surface area contributed by atoms with Gasteiger partial charge in [0.2, 0.25) is 0 Å². The van der Waals surface area contributed by atoms with Gasteiger partial charge in [-0.2, -0.15) is 0 Å². The summed E-state index contributed by atoms with van der Waals surface area (Å²) in [6.07, 6.45) is 1.32. The van der Waals surface area contributed by atoms with Crippen molar-refractivity contribution in [1.29, 1.82) is 0 Å². The van der Waals surface area contributed by atoms with Crippen LogP contribution in [0, 0.1) is 12.8 Å². The zero-order chi connectivity index (χ0) is 23.3. The first-order valence-corrected chi connectivity index (χ1v) is 10.9. The molecule has 0 saturated carbocycles. The van der Waals surface area contributed by atoms with Crippen LogP contribution < -0.4 is 9.64 Å². The summed E-state index contributed by atoms with van der Waals surface area (Å²) in [5, 5.41) is 15.0. The second kappa shape index (κ2) is 7.92. The van der Waals surface area contributed by atoms with Crippen LogP contribution in [0.1, 0.15) is 30.2 Å². The fraction of sp³-hybridized carbons (Fsp3) is 0.269. The monoisotopic (exact) mass is 444 g/mol. The van der Waals surface area contributed by atoms with Gasteiger partial charge in [-0.1, -0.05) is 18.5 Å². The van der Waals surface area contributed by atoms with Crippen molar-refractivity contribution in [3.8, 4) is 17.1 Å². The van der Waals surface area contributed by atoms with Crippen LogP contribution in [0.5, 0.6) is 5.75 Å². The Morgan fingerprint density at radius 1 is 1.12 bits per heavy atom. The predicted molar refractivity (Wildman–Crippen MR) is 123 cm³/mol. The van der Waals surface area contributed by atoms with E-state index >= 15 is 0 Å². The predicted octanol–water partition coefficient (Wildman–Crippen LogP) is 4.49. The first-order valence-electron chi connectivity index (χ1n) is 10.9. The molecule has 2 aromatic carbocycles. The minimum absolute atomic E-state index is 0.0846. The lowest BCUT2D eigenvalue weighted by molar-refractivity contribution is -0.132. The summed E-state index contributed by atoms with van der Waals surface area (Å²) in [5.41, 5.74) is 3.81. The lowest BCUT2D eigenvalue weighted by Crippen LogP contribution is -2.40. The van der Waals surface area contributed by atoms with Crippen LogP contribution in [0.3, 0.4) is 0 Å². The molecule has 2 atom stereocenters. The summed E-state index contributed by atoms with van der Waals surface area (Å²) in [7, 11) is 1.61. The molecule has 0 spiro atoms. The molecule has 2 unspecified atom stereocenters. The third-order valence-electron chi connectivity index (χ3n) is 6.55. The number of ether oxygens (including phenoxy) is 1. The van der Waals surface area contributed by atoms with E-state index in [4.69, 9.17) is 9.26 Å². The van der Waals surface area contributed by atoms with Gasteiger partial charge in [-0.05, 0) is 67.3 Å². The smallest absolute Gasteiger partial charge is 0.299 e. The second-order valence-corrected chi connectivity index (χ2v) is 8.49. The molecular formula is C26H24N2O5. The number of ketones is 1. The second-order valence-electron chi connectivity index (χ2n) is 8.49. The Bertz CT molecular complexity index is 1290. The summed E-state index contributed by atoms with van der Waals surface area (Å²) in [5.74, 6) is -0.169. The first-order chi connectivity index (χ1) is 15.9. The van der Waals surface area contributed by atoms with E-state index < -0.39 is 17.7 Å². The fourth-order valence-corrected chi connectivity index (χ4v) is 4.87. The number of fused-ring (bicyclic) bond motifs is 3. The number of amides is 1. The Morgan fingerprint density at radius 3 is 2.48 bits per heavy atom. The lowest BCUT2D eigenvalue weighted by Gasteiger charge is -2.33. The Kier molecular flexibility index (Phi) is 5.04. The standard InChI is InChI=1S/C26H24N2O5/c1-4-15-12-18-13-17(7-10-20(18)32-3)24(29)22-23(15)28(26(31)25(22)30)19-8-5-16(6-9-19)21-11-14(2)27-33-21/h5-11,13,15,23,29H,4,12H2,1-3H3. The molecule has 5 rings (SSSR count). The summed E-state index contributed by atoms with van der Waals surface area (Å²) in [4.78, 5) is 27.8. The van der Waals surface area contributed by atoms with Crippen molar-refractivity contribution in [3.05, 3.63) is 70.9 Å². The number of aliphatic hydroxyl groups is 1. The molecule has 1 aromatic heterocycles. The highest BCUT2D eigenvalue weighted by Gasteiger charge is 2.49. The number of benzene rings is 2. The molecule has 1 amide bonds. The van der Waals surface area contributed by atoms with Crippen LogP contribution in [0.4, 0.5) is 5.69 Å². The van der Waals surface area contributed by atoms with E-state index in [-0.39, 0.29) is 17.3 Å². The number of hydrogen-bond acceptors (Lipinski definition) is 6. The summed E-state index contributed by atoms with van der Waals surface area (Å²) >= 11 is 0. The lowest BCUT2D eigenvalue weighted by atomic mass is 9.81. The summed E-state index contributed by atoms with van der Waals surface area (Å²) in [6, 6.07) is 13.9. The molecule has 1 N–H and O–H groups in total. The molecule has 7 nitrogen and oxygen atoms in total. The highest BCUT2D eigenvalue weighted by molar-refractivity contribution is 6.51. The Labute approximate surface area is 191 Å². The van der Waals surface area contributed by atoms with E-state index in [1.807, 2.05) is 38.1 Å². The SMILES string of the molecule is CCC1Cc2cc(ccc2OC)C(O)=C2C(=O)C(=O)N(c3ccc(-c4cc(C)no4)cc3)C21. The Morgan fingerprint density at radius 2 is 1.85 bits per heavy atom. The van der Waals surface area contributed by atoms with Crippen LogP contribution in [-0.2, 0) is 16.0 Å². The molecule has 1 fully saturated rings. The van der Waals surface area contributed by atoms with Gasteiger partial charge < -0.3 is 14.4 Å². The maximum Gasteiger partial charge on any atom is 0.299 e. The number of methoxy groups -OCH3 is 1. The van der Waals surface area contributed by atoms with E-state index in [0.29, 0.717) is 29.9 Å². The van der Waals surface area contributed by atoms with Crippen LogP contribution >= 0.6 is 0 Å². The van der Waals surface area contributed by atoms with Crippen LogP contribution in [0.15, 0.2) is 58.6 Å². The van der Waals surface area contributed by atoms with Gasteiger partial charge in [0.05, 0.1) is 24.4 Å². The van der Waals surface area contributed by atoms with Crippen LogP contribution in [0.25, 0.3) is 17.1 Å². The Balaban J connectivity index is 1.61. The zero-order valence-corrected chi connectivity index (χ0v) is 18.7. The van der Waals surface area contributed by atoms with E-state index in [1.165, 1.54) is 4.90 Å². The number of aliphatic hydroxyl groups excluding tert-OH is 1. The van der Waals surface area contributed by atoms with Gasteiger partial charge in [-0.3, -0.25) is 14.5 Å². The van der Waals surface area contributed by atoms with Gasteiger partial charge in [0.1, 0.15) is 11.5 Å². The van der Waals surface area contributed by atoms with Gasteiger partial charge in [-0.25, -0.2) is 0 Å². The Hall–Kier alpha value is -3.87. The number of aromatic nitrogens is 1. The van der Waals surface area contributed by atoms with Crippen molar-refractivity contribution in [3.63, 3.8) is 0 Å². The molecule has 168 valence electrons. The maximum absolute atomic E-state index is 13.2. The van der Waals surface area contributed by atoms with Gasteiger partial charge in [-0.15, -0.1) is 0 Å². The number of aryl methyl sites for hydroxylation is 1. The quantitative estimate of drug-likeness (QED) is 0.596. The highest BCUT2D eigenvalue weighted by Crippen LogP contribution is 2.42. The highest BCUT2D eigenvalue weighted by atomic mass is 16.5. The number of nitrogens with zero attached hydrogens (tertiary/aromatic N) is 2. The van der Waals surface area contributed by atoms with Gasteiger partial charge in [0.15, 0.2) is 5.76 Å². The van der Waals surface area contributed by atoms with E-state index in [9.17, 15) is 14.7 Å². The zero-order valence-electron chi connectivity index (χ0n) is 18.7. The number of carbonyl (C=O) groups is 2. The first kappa shape index (κ1) is 21.0. The number of hydrogen-bond donors (Lipinski definition) is 1.